The van der Waals surface area contributed by atoms with E-state index in [0.717, 1.165) is 11.4 Å². The molecule has 0 aliphatic carbocycles. The monoisotopic (exact) mass is 250 g/mol. The number of aromatic nitrogens is 4. The summed E-state index contributed by atoms with van der Waals surface area (Å²) < 4.78 is 1.82. The van der Waals surface area contributed by atoms with Gasteiger partial charge in [0.25, 0.3) is 5.78 Å². The fourth-order valence-corrected chi connectivity index (χ4v) is 1.90. The number of hydrogen-bond donors (Lipinski definition) is 1. The molecule has 6 heteroatoms. The van der Waals surface area contributed by atoms with Gasteiger partial charge in [0.2, 0.25) is 0 Å². The van der Waals surface area contributed by atoms with E-state index in [9.17, 15) is 0 Å². The molecule has 2 aromatic heterocycles. The minimum absolute atomic E-state index is 0.476. The van der Waals surface area contributed by atoms with Crippen molar-refractivity contribution in [3.63, 3.8) is 0 Å². The van der Waals surface area contributed by atoms with Gasteiger partial charge in [0.1, 0.15) is 11.9 Å². The van der Waals surface area contributed by atoms with Gasteiger partial charge in [-0.2, -0.15) is 5.26 Å². The molecule has 0 amide bonds. The Morgan fingerprint density at radius 3 is 3.05 bits per heavy atom. The van der Waals surface area contributed by atoms with Gasteiger partial charge < -0.3 is 5.73 Å². The lowest BCUT2D eigenvalue weighted by Crippen LogP contribution is -1.98. The molecule has 1 aromatic carbocycles. The van der Waals surface area contributed by atoms with Crippen molar-refractivity contribution in [2.75, 3.05) is 5.73 Å². The summed E-state index contributed by atoms with van der Waals surface area (Å²) in [6, 6.07) is 9.28. The van der Waals surface area contributed by atoms with E-state index in [1.165, 1.54) is 0 Å². The lowest BCUT2D eigenvalue weighted by atomic mass is 10.1. The van der Waals surface area contributed by atoms with E-state index in [2.05, 4.69) is 21.3 Å². The standard InChI is InChI=1S/C13H10N6/c14-8-10-6-9(2-3-11(10)15)7-12-17-18-13-16-4-1-5-19(12)13/h1-6H,7,15H2. The number of nitriles is 1. The Labute approximate surface area is 109 Å². The molecule has 0 saturated heterocycles. The summed E-state index contributed by atoms with van der Waals surface area (Å²) in [7, 11) is 0. The van der Waals surface area contributed by atoms with Gasteiger partial charge in [-0.05, 0) is 23.8 Å². The van der Waals surface area contributed by atoms with Gasteiger partial charge in [0.15, 0.2) is 0 Å². The number of anilines is 1. The molecule has 6 nitrogen and oxygen atoms in total. The molecule has 19 heavy (non-hydrogen) atoms. The molecule has 0 radical (unpaired) electrons. The Balaban J connectivity index is 2.00. The first-order valence-electron chi connectivity index (χ1n) is 5.71. The number of benzene rings is 1. The van der Waals surface area contributed by atoms with Crippen LogP contribution in [0.2, 0.25) is 0 Å². The first-order chi connectivity index (χ1) is 9.28. The van der Waals surface area contributed by atoms with E-state index >= 15 is 0 Å². The molecule has 0 atom stereocenters. The number of hydrogen-bond acceptors (Lipinski definition) is 5. The van der Waals surface area contributed by atoms with E-state index in [-0.39, 0.29) is 0 Å². The Bertz CT molecular complexity index is 783. The molecule has 3 aromatic rings. The molecule has 0 spiro atoms. The van der Waals surface area contributed by atoms with Gasteiger partial charge >= 0.3 is 0 Å². The molecule has 0 bridgehead atoms. The zero-order valence-electron chi connectivity index (χ0n) is 9.98. The largest absolute Gasteiger partial charge is 0.398 e. The third-order valence-electron chi connectivity index (χ3n) is 2.86. The van der Waals surface area contributed by atoms with E-state index < -0.39 is 0 Å². The van der Waals surface area contributed by atoms with Crippen molar-refractivity contribution in [1.29, 1.82) is 5.26 Å². The SMILES string of the molecule is N#Cc1cc(Cc2nnc3ncccn23)ccc1N. The van der Waals surface area contributed by atoms with Crippen LogP contribution >= 0.6 is 0 Å². The zero-order chi connectivity index (χ0) is 13.2. The van der Waals surface area contributed by atoms with Crippen LogP contribution in [0, 0.1) is 11.3 Å². The van der Waals surface area contributed by atoms with Gasteiger partial charge in [-0.3, -0.25) is 4.40 Å². The molecule has 3 rings (SSSR count). The third kappa shape index (κ3) is 1.98. The van der Waals surface area contributed by atoms with Gasteiger partial charge in [0, 0.05) is 24.5 Å². The van der Waals surface area contributed by atoms with E-state index in [4.69, 9.17) is 11.0 Å². The highest BCUT2D eigenvalue weighted by molar-refractivity contribution is 5.55. The predicted molar refractivity (Wildman–Crippen MR) is 69.2 cm³/mol. The van der Waals surface area contributed by atoms with Crippen LogP contribution in [0.4, 0.5) is 5.69 Å². The van der Waals surface area contributed by atoms with Gasteiger partial charge in [-0.25, -0.2) is 4.98 Å². The van der Waals surface area contributed by atoms with Crippen LogP contribution in [0.1, 0.15) is 17.0 Å². The van der Waals surface area contributed by atoms with Crippen LogP contribution in [0.15, 0.2) is 36.7 Å². The normalized spacial score (nSPS) is 10.5. The number of nitrogens with zero attached hydrogens (tertiary/aromatic N) is 5. The van der Waals surface area contributed by atoms with Gasteiger partial charge in [-0.15, -0.1) is 10.2 Å². The topological polar surface area (TPSA) is 92.9 Å². The Hall–Kier alpha value is -2.94. The first-order valence-corrected chi connectivity index (χ1v) is 5.71. The highest BCUT2D eigenvalue weighted by atomic mass is 15.3. The van der Waals surface area contributed by atoms with Crippen LogP contribution < -0.4 is 5.73 Å². The fourth-order valence-electron chi connectivity index (χ4n) is 1.90. The summed E-state index contributed by atoms with van der Waals surface area (Å²) >= 11 is 0. The third-order valence-corrected chi connectivity index (χ3v) is 2.86. The van der Waals surface area contributed by atoms with E-state index in [1.54, 1.807) is 18.3 Å². The summed E-state index contributed by atoms with van der Waals surface area (Å²) in [6.45, 7) is 0. The lowest BCUT2D eigenvalue weighted by molar-refractivity contribution is 0.932. The van der Waals surface area contributed by atoms with E-state index in [0.29, 0.717) is 23.4 Å². The average molecular weight is 250 g/mol. The highest BCUT2D eigenvalue weighted by Gasteiger charge is 2.08. The number of nitrogens with two attached hydrogens (primary N) is 1. The molecule has 0 aliphatic heterocycles. The van der Waals surface area contributed by atoms with Crippen molar-refractivity contribution < 1.29 is 0 Å². The minimum atomic E-state index is 0.476. The Morgan fingerprint density at radius 1 is 1.32 bits per heavy atom. The quantitative estimate of drug-likeness (QED) is 0.689. The minimum Gasteiger partial charge on any atom is -0.398 e. The predicted octanol–water partition coefficient (Wildman–Crippen LogP) is 1.17. The fraction of sp³-hybridized carbons (Fsp3) is 0.0769. The van der Waals surface area contributed by atoms with E-state index in [1.807, 2.05) is 22.7 Å². The molecular weight excluding hydrogens is 240 g/mol. The summed E-state index contributed by atoms with van der Waals surface area (Å²) in [5, 5.41) is 17.1. The maximum atomic E-state index is 8.97. The van der Waals surface area contributed by atoms with Crippen molar-refractivity contribution in [3.05, 3.63) is 53.6 Å². The van der Waals surface area contributed by atoms with Crippen molar-refractivity contribution in [3.8, 4) is 6.07 Å². The van der Waals surface area contributed by atoms with Crippen LogP contribution in [0.25, 0.3) is 5.78 Å². The molecule has 2 heterocycles. The molecule has 0 unspecified atom stereocenters. The summed E-state index contributed by atoms with van der Waals surface area (Å²) in [5.41, 5.74) is 7.62. The van der Waals surface area contributed by atoms with Crippen molar-refractivity contribution >= 4 is 11.5 Å². The summed E-state index contributed by atoms with van der Waals surface area (Å²) in [6.07, 6.45) is 4.10. The first kappa shape index (κ1) is 11.2. The number of fused-ring (bicyclic) bond motifs is 1. The van der Waals surface area contributed by atoms with Crippen LogP contribution in [0.3, 0.4) is 0 Å². The number of nitrogen functional groups attached to an aromatic ring is 1. The van der Waals surface area contributed by atoms with Crippen molar-refractivity contribution in [2.45, 2.75) is 6.42 Å². The molecule has 0 saturated carbocycles. The van der Waals surface area contributed by atoms with Crippen LogP contribution in [0.5, 0.6) is 0 Å². The molecular formula is C13H10N6. The molecule has 92 valence electrons. The second-order valence-corrected chi connectivity index (χ2v) is 4.12. The van der Waals surface area contributed by atoms with Crippen LogP contribution in [-0.2, 0) is 6.42 Å². The Kier molecular flexibility index (Phi) is 2.58. The smallest absolute Gasteiger partial charge is 0.254 e. The second kappa shape index (κ2) is 4.38. The van der Waals surface area contributed by atoms with Gasteiger partial charge in [0.05, 0.1) is 5.56 Å². The lowest BCUT2D eigenvalue weighted by Gasteiger charge is -2.02. The maximum Gasteiger partial charge on any atom is 0.254 e. The number of rotatable bonds is 2. The molecule has 0 fully saturated rings. The summed E-state index contributed by atoms with van der Waals surface area (Å²) in [5.74, 6) is 1.34. The van der Waals surface area contributed by atoms with Gasteiger partial charge in [-0.1, -0.05) is 6.07 Å². The second-order valence-electron chi connectivity index (χ2n) is 4.12. The van der Waals surface area contributed by atoms with Crippen molar-refractivity contribution in [2.24, 2.45) is 0 Å². The zero-order valence-corrected chi connectivity index (χ0v) is 9.98. The highest BCUT2D eigenvalue weighted by Crippen LogP contribution is 2.15. The Morgan fingerprint density at radius 2 is 2.21 bits per heavy atom. The molecule has 0 aliphatic rings. The maximum absolute atomic E-state index is 8.97. The summed E-state index contributed by atoms with van der Waals surface area (Å²) in [4.78, 5) is 4.11. The van der Waals surface area contributed by atoms with Crippen LogP contribution in [-0.4, -0.2) is 19.6 Å². The van der Waals surface area contributed by atoms with Crippen molar-refractivity contribution in [1.82, 2.24) is 19.6 Å². The molecule has 2 N–H and O–H groups in total. The average Bonchev–Trinajstić information content (AvgIpc) is 2.84.